The molecule has 0 aliphatic carbocycles. The van der Waals surface area contributed by atoms with E-state index in [9.17, 15) is 14.7 Å². The molecule has 3 rings (SSSR count). The monoisotopic (exact) mass is 377 g/mol. The van der Waals surface area contributed by atoms with E-state index >= 15 is 0 Å². The fourth-order valence-electron chi connectivity index (χ4n) is 3.91. The van der Waals surface area contributed by atoms with Crippen molar-refractivity contribution < 1.29 is 19.4 Å². The quantitative estimate of drug-likeness (QED) is 0.807. The van der Waals surface area contributed by atoms with Gasteiger partial charge in [0.15, 0.2) is 5.78 Å². The van der Waals surface area contributed by atoms with Gasteiger partial charge < -0.3 is 14.7 Å². The number of piperidine rings is 1. The standard InChI is InChI=1S/C20H27NO4S/c1-13(22)16-17(23)14-7-5-6-8-15(14)26-20(16)9-11-21(12-10-20)18(24)25-19(2,3)4/h5-8,13,16,22H,9-12H2,1-4H3. The number of amides is 1. The number of likely N-dealkylation sites (tertiary alicyclic amines) is 1. The number of Topliss-reactive ketones (excluding diaryl/α,β-unsaturated/α-hetero) is 1. The molecule has 2 heterocycles. The van der Waals surface area contributed by atoms with Gasteiger partial charge in [-0.05, 0) is 46.6 Å². The molecule has 1 aromatic rings. The lowest BCUT2D eigenvalue weighted by atomic mass is 9.75. The van der Waals surface area contributed by atoms with Crippen molar-refractivity contribution >= 4 is 23.6 Å². The molecule has 2 atom stereocenters. The number of ketones is 1. The van der Waals surface area contributed by atoms with E-state index < -0.39 is 17.6 Å². The van der Waals surface area contributed by atoms with Crippen LogP contribution in [0.3, 0.4) is 0 Å². The molecule has 0 saturated carbocycles. The number of rotatable bonds is 1. The minimum Gasteiger partial charge on any atom is -0.444 e. The van der Waals surface area contributed by atoms with Crippen LogP contribution >= 0.6 is 11.8 Å². The summed E-state index contributed by atoms with van der Waals surface area (Å²) in [7, 11) is 0. The highest BCUT2D eigenvalue weighted by atomic mass is 32.2. The smallest absolute Gasteiger partial charge is 0.410 e. The van der Waals surface area contributed by atoms with Crippen LogP contribution in [-0.2, 0) is 4.74 Å². The molecular weight excluding hydrogens is 350 g/mol. The van der Waals surface area contributed by atoms with E-state index in [1.165, 1.54) is 0 Å². The summed E-state index contributed by atoms with van der Waals surface area (Å²) in [4.78, 5) is 28.1. The Morgan fingerprint density at radius 2 is 1.92 bits per heavy atom. The molecule has 26 heavy (non-hydrogen) atoms. The third kappa shape index (κ3) is 3.62. The SMILES string of the molecule is CC(O)C1C(=O)c2ccccc2SC12CCN(C(=O)OC(C)(C)C)CC2. The van der Waals surface area contributed by atoms with Gasteiger partial charge in [0.2, 0.25) is 0 Å². The van der Waals surface area contributed by atoms with E-state index in [1.54, 1.807) is 23.6 Å². The number of nitrogens with zero attached hydrogens (tertiary/aromatic N) is 1. The second-order valence-corrected chi connectivity index (χ2v) is 9.67. The highest BCUT2D eigenvalue weighted by molar-refractivity contribution is 8.01. The van der Waals surface area contributed by atoms with Crippen molar-refractivity contribution in [2.75, 3.05) is 13.1 Å². The predicted octanol–water partition coefficient (Wildman–Crippen LogP) is 3.74. The van der Waals surface area contributed by atoms with Gasteiger partial charge in [-0.2, -0.15) is 0 Å². The zero-order valence-corrected chi connectivity index (χ0v) is 16.6. The number of aliphatic hydroxyl groups is 1. The first-order chi connectivity index (χ1) is 12.1. The molecule has 1 amide bonds. The lowest BCUT2D eigenvalue weighted by Crippen LogP contribution is -2.55. The summed E-state index contributed by atoms with van der Waals surface area (Å²) in [6, 6.07) is 7.60. The molecule has 6 heteroatoms. The van der Waals surface area contributed by atoms with Crippen molar-refractivity contribution in [1.82, 2.24) is 4.90 Å². The molecule has 0 radical (unpaired) electrons. The number of fused-ring (bicyclic) bond motifs is 1. The van der Waals surface area contributed by atoms with Crippen LogP contribution in [0.4, 0.5) is 4.79 Å². The molecule has 1 saturated heterocycles. The Hall–Kier alpha value is -1.53. The van der Waals surface area contributed by atoms with Crippen LogP contribution in [0.25, 0.3) is 0 Å². The third-order valence-corrected chi connectivity index (χ3v) is 6.70. The molecule has 0 bridgehead atoms. The fraction of sp³-hybridized carbons (Fsp3) is 0.600. The molecule has 2 unspecified atom stereocenters. The normalized spacial score (nSPS) is 23.5. The van der Waals surface area contributed by atoms with Crippen molar-refractivity contribution in [3.8, 4) is 0 Å². The van der Waals surface area contributed by atoms with Gasteiger partial charge in [0.25, 0.3) is 0 Å². The molecule has 5 nitrogen and oxygen atoms in total. The molecule has 1 spiro atoms. The van der Waals surface area contributed by atoms with Gasteiger partial charge in [-0.1, -0.05) is 18.2 Å². The molecule has 2 aliphatic rings. The lowest BCUT2D eigenvalue weighted by molar-refractivity contribution is 0.0141. The maximum absolute atomic E-state index is 13.1. The molecule has 1 aromatic carbocycles. The second-order valence-electron chi connectivity index (χ2n) is 8.21. The lowest BCUT2D eigenvalue weighted by Gasteiger charge is -2.48. The molecule has 0 aromatic heterocycles. The van der Waals surface area contributed by atoms with Crippen LogP contribution < -0.4 is 0 Å². The summed E-state index contributed by atoms with van der Waals surface area (Å²) in [5.74, 6) is -0.441. The van der Waals surface area contributed by atoms with Crippen molar-refractivity contribution in [3.05, 3.63) is 29.8 Å². The Morgan fingerprint density at radius 3 is 2.50 bits per heavy atom. The molecule has 1 fully saturated rings. The van der Waals surface area contributed by atoms with Gasteiger partial charge in [-0.15, -0.1) is 11.8 Å². The number of hydrogen-bond acceptors (Lipinski definition) is 5. The minimum atomic E-state index is -0.726. The summed E-state index contributed by atoms with van der Waals surface area (Å²) in [5, 5.41) is 10.4. The van der Waals surface area contributed by atoms with Crippen LogP contribution in [0.2, 0.25) is 0 Å². The molecular formula is C20H27NO4S. The van der Waals surface area contributed by atoms with Crippen LogP contribution in [-0.4, -0.2) is 51.4 Å². The second kappa shape index (κ2) is 6.89. The van der Waals surface area contributed by atoms with E-state index in [0.29, 0.717) is 31.5 Å². The van der Waals surface area contributed by atoms with E-state index in [-0.39, 0.29) is 16.6 Å². The van der Waals surface area contributed by atoms with Gasteiger partial charge in [-0.3, -0.25) is 4.79 Å². The number of carbonyl (C=O) groups is 2. The van der Waals surface area contributed by atoms with Gasteiger partial charge in [0.1, 0.15) is 5.60 Å². The molecule has 142 valence electrons. The summed E-state index contributed by atoms with van der Waals surface area (Å²) in [6.07, 6.45) is 0.281. The van der Waals surface area contributed by atoms with Crippen LogP contribution in [0.1, 0.15) is 50.9 Å². The van der Waals surface area contributed by atoms with Crippen molar-refractivity contribution in [2.24, 2.45) is 5.92 Å². The Bertz CT molecular complexity index is 702. The summed E-state index contributed by atoms with van der Waals surface area (Å²) in [6.45, 7) is 8.31. The van der Waals surface area contributed by atoms with E-state index in [0.717, 1.165) is 4.90 Å². The van der Waals surface area contributed by atoms with Gasteiger partial charge >= 0.3 is 6.09 Å². The summed E-state index contributed by atoms with van der Waals surface area (Å²) >= 11 is 1.69. The molecule has 2 aliphatic heterocycles. The van der Waals surface area contributed by atoms with Gasteiger partial charge in [0, 0.05) is 28.3 Å². The number of aliphatic hydroxyl groups excluding tert-OH is 1. The van der Waals surface area contributed by atoms with Gasteiger partial charge in [-0.25, -0.2) is 4.79 Å². The minimum absolute atomic E-state index is 0.0140. The van der Waals surface area contributed by atoms with Crippen LogP contribution in [0.5, 0.6) is 0 Å². The van der Waals surface area contributed by atoms with Gasteiger partial charge in [0.05, 0.1) is 12.0 Å². The third-order valence-electron chi connectivity index (χ3n) is 5.06. The fourth-order valence-corrected chi connectivity index (χ4v) is 5.59. The van der Waals surface area contributed by atoms with Crippen LogP contribution in [0, 0.1) is 5.92 Å². The zero-order chi connectivity index (χ0) is 19.1. The first-order valence-corrected chi connectivity index (χ1v) is 9.93. The average Bonchev–Trinajstić information content (AvgIpc) is 2.53. The number of benzene rings is 1. The Kier molecular flexibility index (Phi) is 5.10. The summed E-state index contributed by atoms with van der Waals surface area (Å²) in [5.41, 5.74) is 0.173. The molecule has 1 N–H and O–H groups in total. The van der Waals surface area contributed by atoms with Crippen molar-refractivity contribution in [3.63, 3.8) is 0 Å². The van der Waals surface area contributed by atoms with E-state index in [4.69, 9.17) is 4.74 Å². The Labute approximate surface area is 159 Å². The highest BCUT2D eigenvalue weighted by Crippen LogP contribution is 2.53. The van der Waals surface area contributed by atoms with Crippen molar-refractivity contribution in [1.29, 1.82) is 0 Å². The summed E-state index contributed by atoms with van der Waals surface area (Å²) < 4.78 is 5.09. The number of carbonyl (C=O) groups excluding carboxylic acids is 2. The maximum Gasteiger partial charge on any atom is 0.410 e. The number of hydrogen-bond donors (Lipinski definition) is 1. The van der Waals surface area contributed by atoms with Crippen molar-refractivity contribution in [2.45, 2.75) is 61.9 Å². The first-order valence-electron chi connectivity index (χ1n) is 9.11. The largest absolute Gasteiger partial charge is 0.444 e. The topological polar surface area (TPSA) is 66.8 Å². The Morgan fingerprint density at radius 1 is 1.31 bits per heavy atom. The zero-order valence-electron chi connectivity index (χ0n) is 15.8. The number of ether oxygens (including phenoxy) is 1. The Balaban J connectivity index is 1.82. The highest BCUT2D eigenvalue weighted by Gasteiger charge is 2.52. The van der Waals surface area contributed by atoms with Crippen LogP contribution in [0.15, 0.2) is 29.2 Å². The average molecular weight is 378 g/mol. The van der Waals surface area contributed by atoms with E-state index in [1.807, 2.05) is 45.0 Å². The first kappa shape index (κ1) is 19.2. The predicted molar refractivity (Wildman–Crippen MR) is 102 cm³/mol. The van der Waals surface area contributed by atoms with E-state index in [2.05, 4.69) is 0 Å². The number of thioether (sulfide) groups is 1. The maximum atomic E-state index is 13.1.